The second-order valence-electron chi connectivity index (χ2n) is 7.11. The van der Waals surface area contributed by atoms with Crippen LogP contribution in [0.15, 0.2) is 47.3 Å². The number of alkyl halides is 3. The van der Waals surface area contributed by atoms with E-state index in [1.807, 2.05) is 15.5 Å². The van der Waals surface area contributed by atoms with Crippen LogP contribution in [0.3, 0.4) is 0 Å². The van der Waals surface area contributed by atoms with E-state index < -0.39 is 11.7 Å². The summed E-state index contributed by atoms with van der Waals surface area (Å²) in [5, 5.41) is 3.35. The summed E-state index contributed by atoms with van der Waals surface area (Å²) in [7, 11) is 0. The molecule has 1 aromatic heterocycles. The van der Waals surface area contributed by atoms with Gasteiger partial charge in [-0.05, 0) is 48.8 Å². The van der Waals surface area contributed by atoms with E-state index in [1.54, 1.807) is 18.2 Å². The molecule has 0 saturated carbocycles. The Morgan fingerprint density at radius 3 is 2.67 bits per heavy atom. The first-order valence-electron chi connectivity index (χ1n) is 8.74. The third-order valence-electron chi connectivity index (χ3n) is 5.21. The van der Waals surface area contributed by atoms with Gasteiger partial charge in [-0.1, -0.05) is 12.1 Å². The zero-order valence-corrected chi connectivity index (χ0v) is 15.2. The Morgan fingerprint density at radius 2 is 1.89 bits per heavy atom. The number of fused-ring (bicyclic) bond motifs is 4. The minimum absolute atomic E-state index is 0.0142. The Hall–Kier alpha value is -2.35. The number of anilines is 1. The number of hydrogen-bond acceptors (Lipinski definition) is 2. The average Bonchev–Trinajstić information content (AvgIpc) is 2.62. The van der Waals surface area contributed by atoms with Gasteiger partial charge in [0.2, 0.25) is 0 Å². The van der Waals surface area contributed by atoms with Crippen LogP contribution in [0.5, 0.6) is 0 Å². The molecule has 8 heteroatoms. The van der Waals surface area contributed by atoms with E-state index in [-0.39, 0.29) is 17.4 Å². The second-order valence-corrected chi connectivity index (χ2v) is 7.50. The van der Waals surface area contributed by atoms with Crippen molar-refractivity contribution in [3.05, 3.63) is 64.1 Å². The molecule has 2 bridgehead atoms. The minimum Gasteiger partial charge on any atom is -0.348 e. The van der Waals surface area contributed by atoms with Crippen LogP contribution in [0, 0.1) is 5.92 Å². The number of rotatable bonds is 1. The van der Waals surface area contributed by atoms with Crippen molar-refractivity contribution in [1.82, 2.24) is 9.47 Å². The largest absolute Gasteiger partial charge is 0.416 e. The van der Waals surface area contributed by atoms with Crippen LogP contribution in [-0.2, 0) is 12.7 Å². The van der Waals surface area contributed by atoms with Crippen LogP contribution in [0.1, 0.15) is 23.6 Å². The number of pyridine rings is 1. The van der Waals surface area contributed by atoms with Crippen LogP contribution in [-0.4, -0.2) is 27.7 Å². The van der Waals surface area contributed by atoms with Crippen molar-refractivity contribution in [3.8, 4) is 0 Å². The number of nitrogens with zero attached hydrogens (tertiary/aromatic N) is 2. The van der Waals surface area contributed by atoms with Gasteiger partial charge in [-0.3, -0.25) is 4.79 Å². The van der Waals surface area contributed by atoms with Crippen LogP contribution in [0.2, 0.25) is 0 Å². The highest BCUT2D eigenvalue weighted by Crippen LogP contribution is 2.35. The Kier molecular flexibility index (Phi) is 4.46. The van der Waals surface area contributed by atoms with E-state index in [1.165, 1.54) is 6.07 Å². The van der Waals surface area contributed by atoms with Gasteiger partial charge in [-0.15, -0.1) is 0 Å². The molecular weight excluding hydrogens is 375 g/mol. The fourth-order valence-electron chi connectivity index (χ4n) is 4.04. The Bertz CT molecular complexity index is 940. The Balaban J connectivity index is 1.51. The van der Waals surface area contributed by atoms with E-state index in [9.17, 15) is 18.0 Å². The monoisotopic (exact) mass is 393 g/mol. The maximum Gasteiger partial charge on any atom is 0.416 e. The number of aromatic nitrogens is 1. The van der Waals surface area contributed by atoms with Gasteiger partial charge in [0.25, 0.3) is 5.56 Å². The first-order valence-corrected chi connectivity index (χ1v) is 9.15. The summed E-state index contributed by atoms with van der Waals surface area (Å²) in [5.74, 6) is 0.477. The Morgan fingerprint density at radius 1 is 1.11 bits per heavy atom. The van der Waals surface area contributed by atoms with Crippen LogP contribution >= 0.6 is 12.2 Å². The van der Waals surface area contributed by atoms with Crippen molar-refractivity contribution in [1.29, 1.82) is 0 Å². The third-order valence-corrected chi connectivity index (χ3v) is 5.57. The van der Waals surface area contributed by atoms with Crippen molar-refractivity contribution in [3.63, 3.8) is 0 Å². The quantitative estimate of drug-likeness (QED) is 0.750. The predicted octanol–water partition coefficient (Wildman–Crippen LogP) is 3.68. The fraction of sp³-hybridized carbons (Fsp3) is 0.368. The topological polar surface area (TPSA) is 37.3 Å². The fourth-order valence-corrected chi connectivity index (χ4v) is 4.31. The lowest BCUT2D eigenvalue weighted by Crippen LogP contribution is -2.50. The summed E-state index contributed by atoms with van der Waals surface area (Å²) >= 11 is 5.46. The van der Waals surface area contributed by atoms with Gasteiger partial charge >= 0.3 is 6.18 Å². The molecule has 2 aromatic rings. The molecule has 1 N–H and O–H groups in total. The molecule has 1 saturated heterocycles. The molecule has 0 unspecified atom stereocenters. The van der Waals surface area contributed by atoms with Gasteiger partial charge < -0.3 is 14.8 Å². The third kappa shape index (κ3) is 3.58. The number of nitrogens with one attached hydrogen (secondary N) is 1. The number of piperidine rings is 1. The van der Waals surface area contributed by atoms with Crippen molar-refractivity contribution in [2.75, 3.05) is 18.4 Å². The van der Waals surface area contributed by atoms with Crippen molar-refractivity contribution < 1.29 is 13.2 Å². The summed E-state index contributed by atoms with van der Waals surface area (Å²) in [6, 6.07) is 10.3. The molecule has 0 amide bonds. The second kappa shape index (κ2) is 6.67. The molecule has 2 aliphatic heterocycles. The Labute approximate surface area is 159 Å². The predicted molar refractivity (Wildman–Crippen MR) is 101 cm³/mol. The van der Waals surface area contributed by atoms with Crippen LogP contribution < -0.4 is 10.9 Å². The lowest BCUT2D eigenvalue weighted by molar-refractivity contribution is -0.137. The van der Waals surface area contributed by atoms with Crippen LogP contribution in [0.4, 0.5) is 18.9 Å². The summed E-state index contributed by atoms with van der Waals surface area (Å²) < 4.78 is 40.5. The molecular formula is C19H18F3N3OS. The normalized spacial score (nSPS) is 21.5. The van der Waals surface area contributed by atoms with Gasteiger partial charge in [0, 0.05) is 43.0 Å². The number of hydrogen-bond donors (Lipinski definition) is 1. The SMILES string of the molecule is O=c1cccc2n1C[C@@H]1C[C@@H]2CN(C(=S)Nc2cccc(C(F)(F)F)c2)C1. The molecule has 0 radical (unpaired) electrons. The molecule has 4 rings (SSSR count). The highest BCUT2D eigenvalue weighted by atomic mass is 32.1. The molecule has 2 atom stereocenters. The van der Waals surface area contributed by atoms with Gasteiger partial charge in [-0.2, -0.15) is 13.2 Å². The van der Waals surface area contributed by atoms with Crippen molar-refractivity contribution in [2.24, 2.45) is 5.92 Å². The first kappa shape index (κ1) is 18.0. The summed E-state index contributed by atoms with van der Waals surface area (Å²) in [6.45, 7) is 1.97. The van der Waals surface area contributed by atoms with Gasteiger partial charge in [0.1, 0.15) is 0 Å². The van der Waals surface area contributed by atoms with Crippen molar-refractivity contribution in [2.45, 2.75) is 25.1 Å². The van der Waals surface area contributed by atoms with Crippen LogP contribution in [0.25, 0.3) is 0 Å². The lowest BCUT2D eigenvalue weighted by Gasteiger charge is -2.43. The maximum atomic E-state index is 12.9. The maximum absolute atomic E-state index is 12.9. The number of benzene rings is 1. The summed E-state index contributed by atoms with van der Waals surface area (Å²) in [5.41, 5.74) is 0.631. The molecule has 3 heterocycles. The first-order chi connectivity index (χ1) is 12.8. The van der Waals surface area contributed by atoms with Crippen molar-refractivity contribution >= 4 is 23.0 Å². The van der Waals surface area contributed by atoms with E-state index in [0.717, 1.165) is 24.2 Å². The van der Waals surface area contributed by atoms with E-state index in [4.69, 9.17) is 12.2 Å². The van der Waals surface area contributed by atoms with Gasteiger partial charge in [0.05, 0.1) is 5.56 Å². The number of likely N-dealkylation sites (tertiary alicyclic amines) is 1. The molecule has 1 aromatic carbocycles. The number of thiocarbonyl (C=S) groups is 1. The smallest absolute Gasteiger partial charge is 0.348 e. The minimum atomic E-state index is -4.39. The standard InChI is InChI=1S/C19H18F3N3OS/c20-19(21,22)14-3-1-4-15(8-14)23-18(27)24-9-12-7-13(11-24)16-5-2-6-17(26)25(16)10-12/h1-6,8,12-13H,7,9-11H2,(H,23,27)/t12-,13-/m1/s1. The summed E-state index contributed by atoms with van der Waals surface area (Å²) in [6.07, 6.45) is -3.40. The zero-order valence-electron chi connectivity index (χ0n) is 14.4. The molecule has 2 aliphatic rings. The van der Waals surface area contributed by atoms with Gasteiger partial charge in [0.15, 0.2) is 5.11 Å². The highest BCUT2D eigenvalue weighted by molar-refractivity contribution is 7.80. The zero-order chi connectivity index (χ0) is 19.2. The highest BCUT2D eigenvalue weighted by Gasteiger charge is 2.35. The van der Waals surface area contributed by atoms with E-state index >= 15 is 0 Å². The number of halogens is 3. The summed E-state index contributed by atoms with van der Waals surface area (Å²) in [4.78, 5) is 14.1. The molecule has 1 fully saturated rings. The average molecular weight is 393 g/mol. The van der Waals surface area contributed by atoms with Gasteiger partial charge in [-0.25, -0.2) is 0 Å². The molecule has 0 aliphatic carbocycles. The molecule has 0 spiro atoms. The molecule has 4 nitrogen and oxygen atoms in total. The van der Waals surface area contributed by atoms with E-state index in [0.29, 0.717) is 30.4 Å². The lowest BCUT2D eigenvalue weighted by atomic mass is 9.83. The molecule has 142 valence electrons. The molecule has 27 heavy (non-hydrogen) atoms. The van der Waals surface area contributed by atoms with E-state index in [2.05, 4.69) is 5.32 Å².